The molecule has 1 fully saturated rings. The average molecular weight is 635 g/mol. The summed E-state index contributed by atoms with van der Waals surface area (Å²) in [6.07, 6.45) is -5.07. The number of likely N-dealkylation sites (N-methyl/N-ethyl adjacent to an activating group) is 2. The van der Waals surface area contributed by atoms with Gasteiger partial charge >= 0.3 is 154 Å². The Kier molecular flexibility index (Phi) is 14.0. The van der Waals surface area contributed by atoms with Crippen molar-refractivity contribution in [3.8, 4) is 5.75 Å². The number of rotatable bonds is 12. The van der Waals surface area contributed by atoms with Crippen molar-refractivity contribution >= 4 is 29.4 Å². The minimum atomic E-state index is -5.84. The van der Waals surface area contributed by atoms with Gasteiger partial charge in [0.15, 0.2) is 0 Å². The number of phosphoric ester groups is 1. The zero-order valence-electron chi connectivity index (χ0n) is 22.6. The maximum atomic E-state index is 12.7. The van der Waals surface area contributed by atoms with Crippen molar-refractivity contribution in [3.05, 3.63) is 22.7 Å². The van der Waals surface area contributed by atoms with Gasteiger partial charge in [0, 0.05) is 6.20 Å². The topological polar surface area (TPSA) is 256 Å². The van der Waals surface area contributed by atoms with Crippen LogP contribution in [0.2, 0.25) is 0 Å². The Labute approximate surface area is 232 Å². The van der Waals surface area contributed by atoms with E-state index >= 15 is 0 Å². The van der Waals surface area contributed by atoms with E-state index in [1.807, 2.05) is 0 Å². The molecule has 1 aromatic heterocycles. The third-order valence-electron chi connectivity index (χ3n) is 5.04. The third kappa shape index (κ3) is 13.1. The monoisotopic (exact) mass is 635 g/mol. The van der Waals surface area contributed by atoms with Crippen molar-refractivity contribution in [2.24, 2.45) is 0 Å². The fourth-order valence-electron chi connectivity index (χ4n) is 2.93. The van der Waals surface area contributed by atoms with Crippen LogP contribution in [0.25, 0.3) is 0 Å². The Morgan fingerprint density at radius 3 is 2.27 bits per heavy atom. The van der Waals surface area contributed by atoms with E-state index < -0.39 is 67.0 Å². The Morgan fingerprint density at radius 2 is 1.80 bits per heavy atom. The van der Waals surface area contributed by atoms with Crippen molar-refractivity contribution in [1.82, 2.24) is 9.55 Å². The summed E-state index contributed by atoms with van der Waals surface area (Å²) < 4.78 is 54.9. The summed E-state index contributed by atoms with van der Waals surface area (Å²) in [4.78, 5) is 37.4. The quantitative estimate of drug-likeness (QED) is 0.136. The molecule has 0 spiro atoms. The van der Waals surface area contributed by atoms with Gasteiger partial charge in [0.25, 0.3) is 0 Å². The number of nitrogens with zero attached hydrogens (tertiary/aromatic N) is 4. The van der Waals surface area contributed by atoms with Crippen LogP contribution in [0.1, 0.15) is 6.23 Å². The Bertz CT molecular complexity index is 1230. The van der Waals surface area contributed by atoms with E-state index in [4.69, 9.17) is 24.6 Å². The summed E-state index contributed by atoms with van der Waals surface area (Å²) in [6.45, 7) is -0.245. The molecule has 1 aliphatic heterocycles. The normalized spacial score (nSPS) is 23.1. The van der Waals surface area contributed by atoms with E-state index in [2.05, 4.69) is 36.2 Å². The zero-order chi connectivity index (χ0) is 30.9. The van der Waals surface area contributed by atoms with Gasteiger partial charge < -0.3 is 15.3 Å². The first-order valence-electron chi connectivity index (χ1n) is 11.6. The number of aliphatic hydroxyl groups is 3. The molecule has 0 aliphatic carbocycles. The van der Waals surface area contributed by atoms with Gasteiger partial charge in [0.1, 0.15) is 12.4 Å². The summed E-state index contributed by atoms with van der Waals surface area (Å²) in [5.41, 5.74) is 4.50. The van der Waals surface area contributed by atoms with E-state index in [1.54, 1.807) is 14.1 Å². The van der Waals surface area contributed by atoms with E-state index in [-0.39, 0.29) is 23.5 Å². The van der Waals surface area contributed by atoms with E-state index in [0.717, 1.165) is 21.8 Å². The molecular weight excluding hydrogens is 599 g/mol. The predicted octanol–water partition coefficient (Wildman–Crippen LogP) is -2.60. The molecule has 5 atom stereocenters. The van der Waals surface area contributed by atoms with Crippen LogP contribution in [-0.4, -0.2) is 120 Å². The molecule has 230 valence electrons. The molecule has 0 aromatic carbocycles. The Hall–Kier alpha value is -1.29. The van der Waals surface area contributed by atoms with Crippen LogP contribution < -0.4 is 21.2 Å². The van der Waals surface area contributed by atoms with Crippen LogP contribution in [0, 0.1) is 5.75 Å². The van der Waals surface area contributed by atoms with Gasteiger partial charge in [-0.15, -0.1) is 0 Å². The molecule has 21 heteroatoms. The predicted molar refractivity (Wildman–Crippen MR) is 135 cm³/mol. The summed E-state index contributed by atoms with van der Waals surface area (Å²) in [7, 11) is -2.04. The summed E-state index contributed by atoms with van der Waals surface area (Å²) in [5.74, 6) is 2.38. The SMILES string of the molecule is C[N+](C)(C#P=O)CCOP(=O)(OC[C@H]1O[C@@H](n2ccc(N)nc2=O)[C@H](O)[C@@H]1O)OP(=O)([O-])[O-].C[N+](C)(C)CCO. The van der Waals surface area contributed by atoms with Crippen molar-refractivity contribution < 1.29 is 65.9 Å². The summed E-state index contributed by atoms with van der Waals surface area (Å²) in [6, 6.07) is 1.24. The van der Waals surface area contributed by atoms with Gasteiger partial charge in [0.05, 0.1) is 27.7 Å². The van der Waals surface area contributed by atoms with Crippen LogP contribution >= 0.6 is 23.6 Å². The Balaban J connectivity index is 0.00000101. The first kappa shape index (κ1) is 36.7. The van der Waals surface area contributed by atoms with Gasteiger partial charge in [-0.3, -0.25) is 0 Å². The smallest absolute Gasteiger partial charge is 0.101 e. The van der Waals surface area contributed by atoms with Gasteiger partial charge in [-0.05, 0) is 6.07 Å². The average Bonchev–Trinajstić information content (AvgIpc) is 3.04. The molecule has 1 aromatic rings. The van der Waals surface area contributed by atoms with Gasteiger partial charge in [0.2, 0.25) is 0 Å². The minimum absolute atomic E-state index is 0.0234. The minimum Gasteiger partial charge on any atom is -0.391 e. The first-order valence-corrected chi connectivity index (χ1v) is 15.3. The standard InChI is InChI=1S/C14H23N4O12P3.C5H14NO/c1-18(2,8-31-22)5-6-27-33(26,30-32(23,24)25)28-7-9-11(19)12(20)13(29-9)17-4-3-10(15)16-14(17)21;1-6(2,3)4-5-7/h3-4,9,11-13,19-20H,5-7H2,1-2H3,(H3-,15,16,21,23,24,25);7H,4-5H2,1-3H3/q;+1/p-1/t9-,11-,12-,13-,33?;/m1./s1. The fourth-order valence-corrected chi connectivity index (χ4v) is 5.32. The Morgan fingerprint density at radius 1 is 1.18 bits per heavy atom. The van der Waals surface area contributed by atoms with Gasteiger partial charge in [-0.25, -0.2) is 4.79 Å². The summed E-state index contributed by atoms with van der Waals surface area (Å²) >= 11 is 0. The number of ether oxygens (including phenoxy) is 1. The number of phosphoric acid groups is 2. The second-order valence-corrected chi connectivity index (χ2v) is 13.4. The van der Waals surface area contributed by atoms with Crippen LogP contribution in [0.15, 0.2) is 17.1 Å². The number of aliphatic hydroxyl groups excluding tert-OH is 3. The number of nitrogens with two attached hydrogens (primary N) is 1. The van der Waals surface area contributed by atoms with E-state index in [1.165, 1.54) is 6.07 Å². The molecule has 0 saturated carbocycles. The van der Waals surface area contributed by atoms with Crippen molar-refractivity contribution in [1.29, 1.82) is 0 Å². The molecule has 1 unspecified atom stereocenters. The number of hydrogen-bond donors (Lipinski definition) is 4. The van der Waals surface area contributed by atoms with Crippen molar-refractivity contribution in [2.75, 3.05) is 73.9 Å². The second-order valence-electron chi connectivity index (χ2n) is 10.0. The molecular formula is C19H36N5O13P3. The van der Waals surface area contributed by atoms with Gasteiger partial charge in [-0.2, -0.15) is 4.98 Å². The largest absolute Gasteiger partial charge is 0.391 e. The molecule has 2 rings (SSSR count). The molecule has 5 N–H and O–H groups in total. The number of quaternary nitrogens is 2. The number of hydrogen-bond acceptors (Lipinski definition) is 15. The fraction of sp³-hybridized carbons (Fsp3) is 0.737. The van der Waals surface area contributed by atoms with E-state index in [0.29, 0.717) is 0 Å². The van der Waals surface area contributed by atoms with E-state index in [9.17, 15) is 38.5 Å². The first-order chi connectivity index (χ1) is 18.2. The maximum Gasteiger partial charge on any atom is 0.101 e. The van der Waals surface area contributed by atoms with Crippen LogP contribution in [-0.2, 0) is 31.8 Å². The van der Waals surface area contributed by atoms with Crippen LogP contribution in [0.5, 0.6) is 0 Å². The zero-order valence-corrected chi connectivity index (χ0v) is 25.3. The molecule has 40 heavy (non-hydrogen) atoms. The summed E-state index contributed by atoms with van der Waals surface area (Å²) in [5, 5.41) is 28.8. The molecule has 2 heterocycles. The molecule has 1 saturated heterocycles. The second kappa shape index (κ2) is 15.3. The molecule has 0 radical (unpaired) electrons. The van der Waals surface area contributed by atoms with Crippen molar-refractivity contribution in [2.45, 2.75) is 24.5 Å². The number of aromatic nitrogens is 2. The molecule has 1 aliphatic rings. The number of anilines is 1. The molecule has 0 bridgehead atoms. The molecule has 18 nitrogen and oxygen atoms in total. The van der Waals surface area contributed by atoms with Crippen LogP contribution in [0.3, 0.4) is 0 Å². The van der Waals surface area contributed by atoms with Crippen molar-refractivity contribution in [3.63, 3.8) is 0 Å². The number of nitrogen functional groups attached to an aromatic ring is 1. The van der Waals surface area contributed by atoms with Gasteiger partial charge in [-0.1, -0.05) is 0 Å². The third-order valence-corrected chi connectivity index (χ3v) is 8.23. The van der Waals surface area contributed by atoms with Crippen LogP contribution in [0.4, 0.5) is 5.82 Å². The molecule has 0 amide bonds. The maximum absolute atomic E-state index is 12.7.